The third kappa shape index (κ3) is 1.77. The van der Waals surface area contributed by atoms with Gasteiger partial charge < -0.3 is 9.16 Å². The second-order valence-electron chi connectivity index (χ2n) is 6.99. The van der Waals surface area contributed by atoms with Crippen LogP contribution >= 0.6 is 0 Å². The number of ether oxygens (including phenoxy) is 1. The maximum atomic E-state index is 11.8. The van der Waals surface area contributed by atoms with Crippen LogP contribution in [0.4, 0.5) is 0 Å². The molecular formula is C14H22O3Si. The van der Waals surface area contributed by atoms with Crippen LogP contribution in [0, 0.1) is 11.8 Å². The monoisotopic (exact) mass is 266 g/mol. The van der Waals surface area contributed by atoms with E-state index in [2.05, 4.69) is 32.6 Å². The van der Waals surface area contributed by atoms with E-state index in [0.29, 0.717) is 5.92 Å². The van der Waals surface area contributed by atoms with Crippen molar-refractivity contribution in [2.75, 3.05) is 0 Å². The second kappa shape index (κ2) is 3.70. The summed E-state index contributed by atoms with van der Waals surface area (Å²) >= 11 is 0. The van der Waals surface area contributed by atoms with E-state index in [1.165, 1.54) is 5.57 Å². The van der Waals surface area contributed by atoms with Crippen molar-refractivity contribution in [1.82, 2.24) is 0 Å². The van der Waals surface area contributed by atoms with Crippen LogP contribution in [-0.2, 0) is 14.0 Å². The highest BCUT2D eigenvalue weighted by Gasteiger charge is 2.59. The average molecular weight is 266 g/mol. The van der Waals surface area contributed by atoms with Crippen LogP contribution in [0.5, 0.6) is 0 Å². The van der Waals surface area contributed by atoms with Gasteiger partial charge in [-0.1, -0.05) is 6.08 Å². The van der Waals surface area contributed by atoms with E-state index in [0.717, 1.165) is 19.3 Å². The molecular weight excluding hydrogens is 244 g/mol. The molecule has 4 heteroatoms. The minimum absolute atomic E-state index is 0.0191. The number of hydrogen-bond donors (Lipinski definition) is 0. The van der Waals surface area contributed by atoms with Crippen molar-refractivity contribution >= 4 is 14.3 Å². The van der Waals surface area contributed by atoms with Crippen LogP contribution in [0.1, 0.15) is 26.2 Å². The first kappa shape index (κ1) is 12.4. The molecule has 2 aliphatic carbocycles. The van der Waals surface area contributed by atoms with E-state index in [-0.39, 0.29) is 23.6 Å². The Balaban J connectivity index is 1.94. The van der Waals surface area contributed by atoms with Gasteiger partial charge in [-0.2, -0.15) is 0 Å². The highest BCUT2D eigenvalue weighted by Crippen LogP contribution is 2.54. The summed E-state index contributed by atoms with van der Waals surface area (Å²) in [6.07, 6.45) is 5.16. The zero-order valence-corrected chi connectivity index (χ0v) is 12.7. The summed E-state index contributed by atoms with van der Waals surface area (Å²) < 4.78 is 12.0. The van der Waals surface area contributed by atoms with E-state index >= 15 is 0 Å². The van der Waals surface area contributed by atoms with Crippen LogP contribution in [-0.4, -0.2) is 26.0 Å². The van der Waals surface area contributed by atoms with Gasteiger partial charge in [0.1, 0.15) is 6.10 Å². The summed E-state index contributed by atoms with van der Waals surface area (Å²) in [6.45, 7) is 8.85. The van der Waals surface area contributed by atoms with Crippen molar-refractivity contribution < 1.29 is 14.0 Å². The molecule has 100 valence electrons. The molecule has 0 aromatic heterocycles. The summed E-state index contributed by atoms with van der Waals surface area (Å²) in [5.41, 5.74) is 1.15. The summed E-state index contributed by atoms with van der Waals surface area (Å²) in [5.74, 6) is 0.417. The fourth-order valence-electron chi connectivity index (χ4n) is 4.00. The lowest BCUT2D eigenvalue weighted by Crippen LogP contribution is -2.41. The minimum atomic E-state index is -1.60. The SMILES string of the molecule is C[C@]1(O[Si](C)(C)C)C[C@H]2OC(=O)[C@H]3CCC=C1[C@H]32. The van der Waals surface area contributed by atoms with Crippen LogP contribution in [0.15, 0.2) is 11.6 Å². The van der Waals surface area contributed by atoms with Crippen LogP contribution in [0.2, 0.25) is 19.6 Å². The Hall–Kier alpha value is -0.613. The zero-order valence-electron chi connectivity index (χ0n) is 11.7. The van der Waals surface area contributed by atoms with E-state index < -0.39 is 8.32 Å². The van der Waals surface area contributed by atoms with Gasteiger partial charge in [0.05, 0.1) is 11.5 Å². The Bertz CT molecular complexity index is 423. The predicted molar refractivity (Wildman–Crippen MR) is 71.6 cm³/mol. The Morgan fingerprint density at radius 2 is 2.17 bits per heavy atom. The van der Waals surface area contributed by atoms with Gasteiger partial charge in [-0.25, -0.2) is 0 Å². The Morgan fingerprint density at radius 1 is 1.44 bits per heavy atom. The summed E-state index contributed by atoms with van der Waals surface area (Å²) in [4.78, 5) is 11.8. The van der Waals surface area contributed by atoms with E-state index in [1.807, 2.05) is 0 Å². The van der Waals surface area contributed by atoms with Gasteiger partial charge in [0.25, 0.3) is 0 Å². The quantitative estimate of drug-likeness (QED) is 0.438. The first-order valence-corrected chi connectivity index (χ1v) is 10.3. The van der Waals surface area contributed by atoms with Gasteiger partial charge in [0.2, 0.25) is 0 Å². The number of carbonyl (C=O) groups excluding carboxylic acids is 1. The van der Waals surface area contributed by atoms with Crippen molar-refractivity contribution in [3.05, 3.63) is 11.6 Å². The molecule has 0 aromatic carbocycles. The molecule has 0 amide bonds. The number of hydrogen-bond acceptors (Lipinski definition) is 3. The molecule has 3 aliphatic rings. The fourth-order valence-corrected chi connectivity index (χ4v) is 5.55. The molecule has 3 rings (SSSR count). The topological polar surface area (TPSA) is 35.5 Å². The normalized spacial score (nSPS) is 42.6. The molecule has 0 bridgehead atoms. The molecule has 0 spiro atoms. The molecule has 1 saturated heterocycles. The fraction of sp³-hybridized carbons (Fsp3) is 0.786. The Labute approximate surface area is 110 Å². The van der Waals surface area contributed by atoms with E-state index in [1.54, 1.807) is 0 Å². The van der Waals surface area contributed by atoms with Gasteiger partial charge in [0, 0.05) is 12.3 Å². The van der Waals surface area contributed by atoms with E-state index in [9.17, 15) is 4.79 Å². The lowest BCUT2D eigenvalue weighted by Gasteiger charge is -2.37. The molecule has 1 heterocycles. The highest BCUT2D eigenvalue weighted by atomic mass is 28.4. The molecule has 3 nitrogen and oxygen atoms in total. The molecule has 4 atom stereocenters. The lowest BCUT2D eigenvalue weighted by molar-refractivity contribution is -0.145. The molecule has 18 heavy (non-hydrogen) atoms. The Morgan fingerprint density at radius 3 is 2.83 bits per heavy atom. The third-order valence-corrected chi connectivity index (χ3v) is 5.40. The maximum absolute atomic E-state index is 11.8. The van der Waals surface area contributed by atoms with Crippen molar-refractivity contribution in [1.29, 1.82) is 0 Å². The van der Waals surface area contributed by atoms with Gasteiger partial charge in [-0.15, -0.1) is 0 Å². The summed E-state index contributed by atoms with van der Waals surface area (Å²) in [7, 11) is -1.60. The first-order chi connectivity index (χ1) is 8.30. The standard InChI is InChI=1S/C14H22O3Si/c1-14(17-18(2,3)4)8-11-12-9(13(15)16-11)6-5-7-10(12)14/h7,9,11-12H,5-6,8H2,1-4H3/t9-,11+,12-,14-/m0/s1. The lowest BCUT2D eigenvalue weighted by atomic mass is 9.78. The van der Waals surface area contributed by atoms with Crippen molar-refractivity contribution in [2.45, 2.75) is 57.5 Å². The molecule has 2 fully saturated rings. The zero-order chi connectivity index (χ0) is 13.1. The minimum Gasteiger partial charge on any atom is -0.461 e. The molecule has 0 unspecified atom stereocenters. The second-order valence-corrected chi connectivity index (χ2v) is 11.4. The van der Waals surface area contributed by atoms with E-state index in [4.69, 9.17) is 9.16 Å². The van der Waals surface area contributed by atoms with Crippen molar-refractivity contribution in [3.63, 3.8) is 0 Å². The number of carbonyl (C=O) groups is 1. The highest BCUT2D eigenvalue weighted by molar-refractivity contribution is 6.69. The predicted octanol–water partition coefficient (Wildman–Crippen LogP) is 2.88. The van der Waals surface area contributed by atoms with Gasteiger partial charge in [-0.3, -0.25) is 4.79 Å². The molecule has 1 saturated carbocycles. The number of rotatable bonds is 2. The summed E-state index contributed by atoms with van der Waals surface area (Å²) in [6, 6.07) is 0. The van der Waals surface area contributed by atoms with Gasteiger partial charge in [0.15, 0.2) is 8.32 Å². The average Bonchev–Trinajstić information content (AvgIpc) is 2.66. The summed E-state index contributed by atoms with van der Waals surface area (Å²) in [5, 5.41) is 0. The number of esters is 1. The van der Waals surface area contributed by atoms with Crippen molar-refractivity contribution in [3.8, 4) is 0 Å². The van der Waals surface area contributed by atoms with Gasteiger partial charge in [-0.05, 0) is 45.0 Å². The Kier molecular flexibility index (Phi) is 2.55. The third-order valence-electron chi connectivity index (χ3n) is 4.34. The van der Waals surface area contributed by atoms with Crippen molar-refractivity contribution in [2.24, 2.45) is 11.8 Å². The first-order valence-electron chi connectivity index (χ1n) is 6.91. The largest absolute Gasteiger partial charge is 0.461 e. The number of allylic oxidation sites excluding steroid dienone is 1. The smallest absolute Gasteiger partial charge is 0.309 e. The van der Waals surface area contributed by atoms with Gasteiger partial charge >= 0.3 is 5.97 Å². The van der Waals surface area contributed by atoms with Crippen LogP contribution in [0.25, 0.3) is 0 Å². The van der Waals surface area contributed by atoms with Crippen LogP contribution in [0.3, 0.4) is 0 Å². The molecule has 0 N–H and O–H groups in total. The molecule has 0 radical (unpaired) electrons. The molecule has 1 aliphatic heterocycles. The maximum Gasteiger partial charge on any atom is 0.309 e. The van der Waals surface area contributed by atoms with Crippen LogP contribution < -0.4 is 0 Å². The molecule has 0 aromatic rings.